The minimum Gasteiger partial charge on any atom is -0.325 e. The normalized spacial score (nSPS) is 24.3. The molecule has 0 radical (unpaired) electrons. The number of nitrogens with zero attached hydrogens (tertiary/aromatic N) is 1. The molecule has 1 unspecified atom stereocenters. The fraction of sp³-hybridized carbons (Fsp3) is 0.500. The third-order valence-corrected chi connectivity index (χ3v) is 7.55. The number of carbonyl (C=O) groups is 1. The number of amides is 1. The number of piperidine rings is 1. The predicted molar refractivity (Wildman–Crippen MR) is 118 cm³/mol. The highest BCUT2D eigenvalue weighted by atomic mass is 16.2. The molecule has 2 aromatic carbocycles. The van der Waals surface area contributed by atoms with E-state index in [1.54, 1.807) is 0 Å². The first-order chi connectivity index (χ1) is 14.3. The molecule has 152 valence electrons. The number of aryl methyl sites for hydroxylation is 1. The second kappa shape index (κ2) is 7.95. The van der Waals surface area contributed by atoms with Gasteiger partial charge in [-0.1, -0.05) is 48.9 Å². The molecule has 1 aliphatic carbocycles. The molecule has 1 amide bonds. The second-order valence-corrected chi connectivity index (χ2v) is 9.21. The first-order valence-corrected chi connectivity index (χ1v) is 11.5. The van der Waals surface area contributed by atoms with Crippen LogP contribution in [0.3, 0.4) is 0 Å². The molecule has 1 saturated heterocycles. The summed E-state index contributed by atoms with van der Waals surface area (Å²) in [5.41, 5.74) is 5.07. The van der Waals surface area contributed by atoms with Crippen molar-refractivity contribution in [3.63, 3.8) is 0 Å². The first kappa shape index (κ1) is 18.9. The van der Waals surface area contributed by atoms with Crippen LogP contribution in [0, 0.1) is 0 Å². The van der Waals surface area contributed by atoms with Crippen LogP contribution in [0.5, 0.6) is 0 Å². The third-order valence-electron chi connectivity index (χ3n) is 7.55. The SMILES string of the molecule is O=C1Nc2cccc3c2C1(CCCCN1CCC(c2ccccc2)CC1)CCC3. The van der Waals surface area contributed by atoms with Gasteiger partial charge in [0.25, 0.3) is 0 Å². The zero-order valence-corrected chi connectivity index (χ0v) is 17.3. The van der Waals surface area contributed by atoms with Crippen molar-refractivity contribution < 1.29 is 4.79 Å². The van der Waals surface area contributed by atoms with E-state index in [0.29, 0.717) is 0 Å². The first-order valence-electron chi connectivity index (χ1n) is 11.5. The molecule has 0 aromatic heterocycles. The summed E-state index contributed by atoms with van der Waals surface area (Å²) in [5, 5.41) is 3.18. The number of carbonyl (C=O) groups excluding carboxylic acids is 1. The number of nitrogens with one attached hydrogen (secondary N) is 1. The molecule has 2 heterocycles. The van der Waals surface area contributed by atoms with Gasteiger partial charge < -0.3 is 10.2 Å². The van der Waals surface area contributed by atoms with E-state index in [1.165, 1.54) is 55.6 Å². The average molecular weight is 389 g/mol. The maximum absolute atomic E-state index is 12.9. The summed E-state index contributed by atoms with van der Waals surface area (Å²) < 4.78 is 0. The Labute approximate surface area is 174 Å². The van der Waals surface area contributed by atoms with Crippen molar-refractivity contribution in [3.05, 3.63) is 65.2 Å². The highest BCUT2D eigenvalue weighted by Gasteiger charge is 2.48. The molecule has 1 atom stereocenters. The van der Waals surface area contributed by atoms with Gasteiger partial charge in [-0.3, -0.25) is 4.79 Å². The van der Waals surface area contributed by atoms with Gasteiger partial charge >= 0.3 is 0 Å². The number of anilines is 1. The van der Waals surface area contributed by atoms with Gasteiger partial charge in [0, 0.05) is 5.69 Å². The molecule has 3 heteroatoms. The fourth-order valence-corrected chi connectivity index (χ4v) is 5.99. The highest BCUT2D eigenvalue weighted by molar-refractivity contribution is 6.07. The number of rotatable bonds is 6. The van der Waals surface area contributed by atoms with Crippen LogP contribution >= 0.6 is 0 Å². The van der Waals surface area contributed by atoms with Gasteiger partial charge in [0.05, 0.1) is 5.41 Å². The minimum atomic E-state index is -0.246. The lowest BCUT2D eigenvalue weighted by Crippen LogP contribution is -2.37. The molecule has 0 spiro atoms. The molecule has 5 rings (SSSR count). The number of hydrogen-bond donors (Lipinski definition) is 1. The van der Waals surface area contributed by atoms with Crippen LogP contribution in [0.4, 0.5) is 5.69 Å². The van der Waals surface area contributed by atoms with Crippen molar-refractivity contribution in [2.75, 3.05) is 25.0 Å². The van der Waals surface area contributed by atoms with Gasteiger partial charge in [-0.25, -0.2) is 0 Å². The van der Waals surface area contributed by atoms with Crippen LogP contribution in [0.1, 0.15) is 67.6 Å². The van der Waals surface area contributed by atoms with Crippen molar-refractivity contribution >= 4 is 11.6 Å². The Kier molecular flexibility index (Phi) is 5.17. The van der Waals surface area contributed by atoms with Gasteiger partial charge in [-0.15, -0.1) is 0 Å². The Morgan fingerprint density at radius 1 is 1.00 bits per heavy atom. The molecule has 1 N–H and O–H groups in total. The summed E-state index contributed by atoms with van der Waals surface area (Å²) in [6, 6.07) is 17.4. The van der Waals surface area contributed by atoms with Crippen LogP contribution in [0.2, 0.25) is 0 Å². The lowest BCUT2D eigenvalue weighted by molar-refractivity contribution is -0.121. The smallest absolute Gasteiger partial charge is 0.235 e. The molecule has 2 aromatic rings. The Balaban J connectivity index is 1.14. The Morgan fingerprint density at radius 2 is 1.83 bits per heavy atom. The lowest BCUT2D eigenvalue weighted by atomic mass is 9.68. The zero-order chi connectivity index (χ0) is 19.7. The summed E-state index contributed by atoms with van der Waals surface area (Å²) in [4.78, 5) is 15.5. The molecule has 3 nitrogen and oxygen atoms in total. The standard InChI is InChI=1S/C26H32N2O/c29-25-26(16-7-11-22-10-6-12-23(27-25)24(22)26)15-4-5-17-28-18-13-21(14-19-28)20-8-2-1-3-9-20/h1-3,6,8-10,12,21H,4-5,7,11,13-19H2,(H,27,29). The largest absolute Gasteiger partial charge is 0.325 e. The van der Waals surface area contributed by atoms with Crippen LogP contribution in [-0.4, -0.2) is 30.4 Å². The Hall–Kier alpha value is -2.13. The van der Waals surface area contributed by atoms with Gasteiger partial charge in [0.2, 0.25) is 5.91 Å². The van der Waals surface area contributed by atoms with E-state index in [4.69, 9.17) is 0 Å². The maximum Gasteiger partial charge on any atom is 0.235 e. The van der Waals surface area contributed by atoms with E-state index in [2.05, 4.69) is 58.7 Å². The Bertz CT molecular complexity index is 870. The van der Waals surface area contributed by atoms with E-state index in [-0.39, 0.29) is 11.3 Å². The average Bonchev–Trinajstić information content (AvgIpc) is 3.06. The molecule has 0 saturated carbocycles. The van der Waals surface area contributed by atoms with Crippen LogP contribution in [0.15, 0.2) is 48.5 Å². The highest BCUT2D eigenvalue weighted by Crippen LogP contribution is 2.49. The quantitative estimate of drug-likeness (QED) is 0.684. The van der Waals surface area contributed by atoms with Crippen molar-refractivity contribution in [3.8, 4) is 0 Å². The summed E-state index contributed by atoms with van der Waals surface area (Å²) >= 11 is 0. The molecule has 2 aliphatic heterocycles. The molecule has 1 fully saturated rings. The zero-order valence-electron chi connectivity index (χ0n) is 17.3. The van der Waals surface area contributed by atoms with Crippen LogP contribution < -0.4 is 5.32 Å². The predicted octanol–water partition coefficient (Wildman–Crippen LogP) is 5.26. The van der Waals surface area contributed by atoms with Gasteiger partial charge in [-0.05, 0) is 93.3 Å². The fourth-order valence-electron chi connectivity index (χ4n) is 5.99. The number of hydrogen-bond acceptors (Lipinski definition) is 2. The summed E-state index contributed by atoms with van der Waals surface area (Å²) in [6.45, 7) is 3.59. The van der Waals surface area contributed by atoms with Gasteiger partial charge in [-0.2, -0.15) is 0 Å². The van der Waals surface area contributed by atoms with E-state index in [1.807, 2.05) is 0 Å². The van der Waals surface area contributed by atoms with Crippen molar-refractivity contribution in [1.82, 2.24) is 4.90 Å². The molecular formula is C26H32N2O. The number of benzene rings is 2. The molecule has 0 bridgehead atoms. The van der Waals surface area contributed by atoms with E-state index >= 15 is 0 Å². The van der Waals surface area contributed by atoms with E-state index < -0.39 is 0 Å². The number of unbranched alkanes of at least 4 members (excludes halogenated alkanes) is 1. The molecule has 29 heavy (non-hydrogen) atoms. The summed E-state index contributed by atoms with van der Waals surface area (Å²) in [6.07, 6.45) is 9.16. The number of likely N-dealkylation sites (tertiary alicyclic amines) is 1. The van der Waals surface area contributed by atoms with Crippen LogP contribution in [0.25, 0.3) is 0 Å². The van der Waals surface area contributed by atoms with E-state index in [9.17, 15) is 4.79 Å². The molecule has 3 aliphatic rings. The van der Waals surface area contributed by atoms with Gasteiger partial charge in [0.15, 0.2) is 0 Å². The monoisotopic (exact) mass is 388 g/mol. The van der Waals surface area contributed by atoms with Crippen molar-refractivity contribution in [2.45, 2.75) is 62.7 Å². The maximum atomic E-state index is 12.9. The van der Waals surface area contributed by atoms with E-state index in [0.717, 1.165) is 43.7 Å². The van der Waals surface area contributed by atoms with Crippen LogP contribution in [-0.2, 0) is 16.6 Å². The van der Waals surface area contributed by atoms with Crippen molar-refractivity contribution in [1.29, 1.82) is 0 Å². The lowest BCUT2D eigenvalue weighted by Gasteiger charge is -2.34. The topological polar surface area (TPSA) is 32.3 Å². The third kappa shape index (κ3) is 3.50. The minimum absolute atomic E-state index is 0.246. The summed E-state index contributed by atoms with van der Waals surface area (Å²) in [7, 11) is 0. The Morgan fingerprint density at radius 3 is 2.66 bits per heavy atom. The second-order valence-electron chi connectivity index (χ2n) is 9.21. The van der Waals surface area contributed by atoms with Crippen molar-refractivity contribution in [2.24, 2.45) is 0 Å². The summed E-state index contributed by atoms with van der Waals surface area (Å²) in [5.74, 6) is 0.981. The molecular weight excluding hydrogens is 356 g/mol. The van der Waals surface area contributed by atoms with Gasteiger partial charge in [0.1, 0.15) is 0 Å².